The molecule has 1 rings (SSSR count). The number of halogens is 1. The molecule has 1 N–H and O–H groups in total. The summed E-state index contributed by atoms with van der Waals surface area (Å²) in [5.74, 6) is -0.193. The summed E-state index contributed by atoms with van der Waals surface area (Å²) in [6.45, 7) is 5.16. The summed E-state index contributed by atoms with van der Waals surface area (Å²) in [5.41, 5.74) is 0.733. The van der Waals surface area contributed by atoms with Crippen LogP contribution in [0.4, 0.5) is 0 Å². The molecule has 0 heterocycles. The number of carbonyl (C=O) groups excluding carboxylic acids is 1. The predicted octanol–water partition coefficient (Wildman–Crippen LogP) is 2.67. The second-order valence-corrected chi connectivity index (χ2v) is 5.37. The standard InChI is InChI=1S/C14H20ClNO2/c1-14(2,13(17)18-3)10-16-9-8-11-4-6-12(15)7-5-11/h4-7,16H,8-10H2,1-3H3. The Morgan fingerprint density at radius 1 is 1.33 bits per heavy atom. The second-order valence-electron chi connectivity index (χ2n) is 4.93. The van der Waals surface area contributed by atoms with Gasteiger partial charge in [-0.3, -0.25) is 4.79 Å². The van der Waals surface area contributed by atoms with E-state index in [2.05, 4.69) is 5.32 Å². The van der Waals surface area contributed by atoms with Crippen LogP contribution in [0.25, 0.3) is 0 Å². The topological polar surface area (TPSA) is 38.3 Å². The number of nitrogens with one attached hydrogen (secondary N) is 1. The van der Waals surface area contributed by atoms with Crippen LogP contribution in [0.5, 0.6) is 0 Å². The Morgan fingerprint density at radius 3 is 2.50 bits per heavy atom. The summed E-state index contributed by atoms with van der Waals surface area (Å²) in [6.07, 6.45) is 0.911. The van der Waals surface area contributed by atoms with Crippen molar-refractivity contribution in [2.24, 2.45) is 5.41 Å². The lowest BCUT2D eigenvalue weighted by atomic mass is 9.94. The Kier molecular flexibility index (Phi) is 5.63. The van der Waals surface area contributed by atoms with E-state index in [1.807, 2.05) is 38.1 Å². The average Bonchev–Trinajstić information content (AvgIpc) is 2.35. The third kappa shape index (κ3) is 4.67. The number of hydrogen-bond donors (Lipinski definition) is 1. The van der Waals surface area contributed by atoms with Gasteiger partial charge >= 0.3 is 5.97 Å². The maximum absolute atomic E-state index is 11.5. The minimum Gasteiger partial charge on any atom is -0.469 e. The van der Waals surface area contributed by atoms with Crippen molar-refractivity contribution in [3.63, 3.8) is 0 Å². The van der Waals surface area contributed by atoms with E-state index in [0.717, 1.165) is 18.0 Å². The van der Waals surface area contributed by atoms with Crippen molar-refractivity contribution in [3.8, 4) is 0 Å². The molecule has 1 aromatic carbocycles. The summed E-state index contributed by atoms with van der Waals surface area (Å²) < 4.78 is 4.75. The van der Waals surface area contributed by atoms with Gasteiger partial charge in [0.25, 0.3) is 0 Å². The van der Waals surface area contributed by atoms with E-state index in [4.69, 9.17) is 16.3 Å². The Morgan fingerprint density at radius 2 is 1.94 bits per heavy atom. The van der Waals surface area contributed by atoms with Gasteiger partial charge in [-0.25, -0.2) is 0 Å². The van der Waals surface area contributed by atoms with Gasteiger partial charge in [-0.1, -0.05) is 23.7 Å². The number of hydrogen-bond acceptors (Lipinski definition) is 3. The van der Waals surface area contributed by atoms with E-state index < -0.39 is 5.41 Å². The molecule has 0 aliphatic heterocycles. The molecule has 0 atom stereocenters. The van der Waals surface area contributed by atoms with Crippen molar-refractivity contribution < 1.29 is 9.53 Å². The van der Waals surface area contributed by atoms with Crippen LogP contribution in [0.2, 0.25) is 5.02 Å². The monoisotopic (exact) mass is 269 g/mol. The fourth-order valence-electron chi connectivity index (χ4n) is 1.63. The molecule has 0 saturated heterocycles. The van der Waals surface area contributed by atoms with Crippen molar-refractivity contribution in [2.45, 2.75) is 20.3 Å². The van der Waals surface area contributed by atoms with E-state index in [1.165, 1.54) is 12.7 Å². The van der Waals surface area contributed by atoms with E-state index >= 15 is 0 Å². The molecular formula is C14H20ClNO2. The average molecular weight is 270 g/mol. The van der Waals surface area contributed by atoms with Gasteiger partial charge in [0, 0.05) is 11.6 Å². The number of carbonyl (C=O) groups is 1. The highest BCUT2D eigenvalue weighted by molar-refractivity contribution is 6.30. The molecule has 1 aromatic rings. The molecule has 100 valence electrons. The number of methoxy groups -OCH3 is 1. The van der Waals surface area contributed by atoms with Crippen LogP contribution in [0.1, 0.15) is 19.4 Å². The quantitative estimate of drug-likeness (QED) is 0.637. The van der Waals surface area contributed by atoms with Crippen molar-refractivity contribution in [3.05, 3.63) is 34.9 Å². The molecule has 0 aliphatic rings. The Balaban J connectivity index is 2.30. The van der Waals surface area contributed by atoms with Crippen molar-refractivity contribution in [2.75, 3.05) is 20.2 Å². The number of ether oxygens (including phenoxy) is 1. The maximum Gasteiger partial charge on any atom is 0.312 e. The Bertz CT molecular complexity index is 387. The van der Waals surface area contributed by atoms with Crippen LogP contribution < -0.4 is 5.32 Å². The minimum atomic E-state index is -0.491. The molecular weight excluding hydrogens is 250 g/mol. The smallest absolute Gasteiger partial charge is 0.312 e. The summed E-state index contributed by atoms with van der Waals surface area (Å²) in [5, 5.41) is 4.02. The first kappa shape index (κ1) is 15.0. The number of benzene rings is 1. The lowest BCUT2D eigenvalue weighted by Crippen LogP contribution is -2.37. The predicted molar refractivity (Wildman–Crippen MR) is 73.8 cm³/mol. The van der Waals surface area contributed by atoms with Crippen molar-refractivity contribution in [1.29, 1.82) is 0 Å². The van der Waals surface area contributed by atoms with Gasteiger partial charge in [-0.15, -0.1) is 0 Å². The van der Waals surface area contributed by atoms with Gasteiger partial charge in [0.2, 0.25) is 0 Å². The summed E-state index contributed by atoms with van der Waals surface area (Å²) in [7, 11) is 1.41. The number of rotatable bonds is 6. The first-order chi connectivity index (χ1) is 8.45. The maximum atomic E-state index is 11.5. The van der Waals surface area contributed by atoms with Gasteiger partial charge in [-0.2, -0.15) is 0 Å². The van der Waals surface area contributed by atoms with Gasteiger partial charge in [0.1, 0.15) is 0 Å². The van der Waals surface area contributed by atoms with E-state index in [9.17, 15) is 4.79 Å². The minimum absolute atomic E-state index is 0.193. The highest BCUT2D eigenvalue weighted by Gasteiger charge is 2.27. The van der Waals surface area contributed by atoms with E-state index in [0.29, 0.717) is 6.54 Å². The van der Waals surface area contributed by atoms with Crippen LogP contribution >= 0.6 is 11.6 Å². The highest BCUT2D eigenvalue weighted by Crippen LogP contribution is 2.15. The molecule has 0 unspecified atom stereocenters. The third-order valence-electron chi connectivity index (χ3n) is 2.81. The Hall–Kier alpha value is -1.06. The molecule has 0 amide bonds. The Labute approximate surface area is 113 Å². The lowest BCUT2D eigenvalue weighted by molar-refractivity contribution is -0.150. The summed E-state index contributed by atoms with van der Waals surface area (Å²) >= 11 is 5.82. The molecule has 0 aliphatic carbocycles. The molecule has 4 heteroatoms. The molecule has 18 heavy (non-hydrogen) atoms. The first-order valence-electron chi connectivity index (χ1n) is 5.99. The molecule has 0 bridgehead atoms. The van der Waals surface area contributed by atoms with Crippen molar-refractivity contribution in [1.82, 2.24) is 5.32 Å². The number of esters is 1. The molecule has 0 fully saturated rings. The highest BCUT2D eigenvalue weighted by atomic mass is 35.5. The zero-order chi connectivity index (χ0) is 13.6. The molecule has 0 aromatic heterocycles. The zero-order valence-corrected chi connectivity index (χ0v) is 11.9. The van der Waals surface area contributed by atoms with Crippen molar-refractivity contribution >= 4 is 17.6 Å². The lowest BCUT2D eigenvalue weighted by Gasteiger charge is -2.21. The van der Waals surface area contributed by atoms with E-state index in [-0.39, 0.29) is 5.97 Å². The molecule has 0 spiro atoms. The second kappa shape index (κ2) is 6.76. The molecule has 3 nitrogen and oxygen atoms in total. The van der Waals surface area contributed by atoms with Gasteiger partial charge in [0.15, 0.2) is 0 Å². The third-order valence-corrected chi connectivity index (χ3v) is 3.06. The van der Waals surface area contributed by atoms with Crippen LogP contribution in [0, 0.1) is 5.41 Å². The molecule has 0 radical (unpaired) electrons. The van der Waals surface area contributed by atoms with Crippen LogP contribution in [-0.2, 0) is 16.0 Å². The van der Waals surface area contributed by atoms with Crippen LogP contribution in [0.15, 0.2) is 24.3 Å². The van der Waals surface area contributed by atoms with Gasteiger partial charge in [-0.05, 0) is 44.5 Å². The SMILES string of the molecule is COC(=O)C(C)(C)CNCCc1ccc(Cl)cc1. The summed E-state index contributed by atoms with van der Waals surface area (Å²) in [6, 6.07) is 7.79. The van der Waals surface area contributed by atoms with Crippen LogP contribution in [-0.4, -0.2) is 26.2 Å². The largest absolute Gasteiger partial charge is 0.469 e. The van der Waals surface area contributed by atoms with E-state index in [1.54, 1.807) is 0 Å². The zero-order valence-electron chi connectivity index (χ0n) is 11.1. The normalized spacial score (nSPS) is 11.3. The summed E-state index contributed by atoms with van der Waals surface area (Å²) in [4.78, 5) is 11.5. The molecule has 0 saturated carbocycles. The van der Waals surface area contributed by atoms with Gasteiger partial charge in [0.05, 0.1) is 12.5 Å². The van der Waals surface area contributed by atoms with Crippen LogP contribution in [0.3, 0.4) is 0 Å². The fourth-order valence-corrected chi connectivity index (χ4v) is 1.76. The first-order valence-corrected chi connectivity index (χ1v) is 6.37. The van der Waals surface area contributed by atoms with Gasteiger partial charge < -0.3 is 10.1 Å². The fraction of sp³-hybridized carbons (Fsp3) is 0.500.